The van der Waals surface area contributed by atoms with Crippen molar-refractivity contribution in [3.8, 4) is 0 Å². The number of pyridine rings is 2. The van der Waals surface area contributed by atoms with Crippen LogP contribution < -0.4 is 16.8 Å². The molecule has 3 N–H and O–H groups in total. The first-order chi connectivity index (χ1) is 12.8. The molecule has 0 aliphatic heterocycles. The van der Waals surface area contributed by atoms with Crippen LogP contribution in [0, 0.1) is 12.3 Å². The van der Waals surface area contributed by atoms with Gasteiger partial charge < -0.3 is 15.0 Å². The van der Waals surface area contributed by atoms with Crippen molar-refractivity contribution in [3.05, 3.63) is 51.4 Å². The molecule has 3 heterocycles. The van der Waals surface area contributed by atoms with Crippen molar-refractivity contribution < 1.29 is 4.74 Å². The van der Waals surface area contributed by atoms with Crippen LogP contribution in [0.4, 0.5) is 0 Å². The molecular weight excluding hydrogens is 362 g/mol. The van der Waals surface area contributed by atoms with E-state index >= 15 is 0 Å². The van der Waals surface area contributed by atoms with Gasteiger partial charge in [-0.25, -0.2) is 4.98 Å². The number of rotatable bonds is 6. The average Bonchev–Trinajstić information content (AvgIpc) is 2.60. The number of aromatic nitrogens is 3. The number of nitrogens with zero attached hydrogens (tertiary/aromatic N) is 3. The Morgan fingerprint density at radius 3 is 2.81 bits per heavy atom. The van der Waals surface area contributed by atoms with E-state index in [1.807, 2.05) is 26.8 Å². The van der Waals surface area contributed by atoms with Crippen LogP contribution in [-0.4, -0.2) is 31.7 Å². The molecule has 0 bridgehead atoms. The summed E-state index contributed by atoms with van der Waals surface area (Å²) in [6.07, 6.45) is 2.57. The third kappa shape index (κ3) is 3.77. The lowest BCUT2D eigenvalue weighted by Crippen LogP contribution is -2.32. The topological polar surface area (TPSA) is 98.4 Å². The Kier molecular flexibility index (Phi) is 5.38. The number of nitrogens with one attached hydrogen (secondary N) is 1. The van der Waals surface area contributed by atoms with E-state index in [-0.39, 0.29) is 22.1 Å². The highest BCUT2D eigenvalue weighted by atomic mass is 32.1. The molecule has 7 nitrogen and oxygen atoms in total. The Hall–Kier alpha value is -2.58. The van der Waals surface area contributed by atoms with Crippen molar-refractivity contribution in [2.45, 2.75) is 39.8 Å². The second kappa shape index (κ2) is 7.58. The van der Waals surface area contributed by atoms with Crippen molar-refractivity contribution in [3.63, 3.8) is 0 Å². The first-order valence-electron chi connectivity index (χ1n) is 8.82. The van der Waals surface area contributed by atoms with Gasteiger partial charge in [-0.2, -0.15) is 0 Å². The number of hydrogen-bond acceptors (Lipinski definition) is 5. The number of ether oxygens (including phenoxy) is 1. The lowest BCUT2D eigenvalue weighted by Gasteiger charge is -2.15. The first kappa shape index (κ1) is 19.2. The Morgan fingerprint density at radius 1 is 1.41 bits per heavy atom. The summed E-state index contributed by atoms with van der Waals surface area (Å²) in [7, 11) is 0. The van der Waals surface area contributed by atoms with Gasteiger partial charge in [0.2, 0.25) is 0 Å². The second-order valence-corrected chi connectivity index (χ2v) is 7.22. The summed E-state index contributed by atoms with van der Waals surface area (Å²) < 4.78 is 8.79. The SMILES string of the molecule is Cc1ccc2nc3c(cc(C(N)=S)c(=N)n3CCCOC(C)C)c(=O)n2c1. The molecule has 0 amide bonds. The molecule has 0 fully saturated rings. The minimum Gasteiger partial charge on any atom is -0.389 e. The fraction of sp³-hybridized carbons (Fsp3) is 0.368. The average molecular weight is 385 g/mol. The van der Waals surface area contributed by atoms with E-state index in [0.29, 0.717) is 41.8 Å². The Balaban J connectivity index is 2.24. The maximum Gasteiger partial charge on any atom is 0.267 e. The van der Waals surface area contributed by atoms with Crippen LogP contribution in [0.3, 0.4) is 0 Å². The van der Waals surface area contributed by atoms with E-state index in [1.54, 1.807) is 22.9 Å². The quantitative estimate of drug-likeness (QED) is 0.384. The standard InChI is InChI=1S/C19H23N5O2S/c1-11(2)26-8-4-7-23-16(20)13(17(21)27)9-14-18(23)22-15-6-5-12(3)10-24(15)19(14)25/h5-6,9-11,20H,4,7-8H2,1-3H3,(H2,21,27). The van der Waals surface area contributed by atoms with Crippen molar-refractivity contribution >= 4 is 33.9 Å². The van der Waals surface area contributed by atoms with Crippen molar-refractivity contribution in [2.24, 2.45) is 5.73 Å². The molecule has 3 aromatic rings. The van der Waals surface area contributed by atoms with Gasteiger partial charge >= 0.3 is 0 Å². The Bertz CT molecular complexity index is 1150. The number of hydrogen-bond donors (Lipinski definition) is 2. The second-order valence-electron chi connectivity index (χ2n) is 6.78. The van der Waals surface area contributed by atoms with E-state index in [2.05, 4.69) is 4.98 Å². The monoisotopic (exact) mass is 385 g/mol. The largest absolute Gasteiger partial charge is 0.389 e. The molecule has 27 heavy (non-hydrogen) atoms. The molecule has 0 saturated carbocycles. The maximum atomic E-state index is 13.0. The molecule has 0 aromatic carbocycles. The number of fused-ring (bicyclic) bond motifs is 2. The van der Waals surface area contributed by atoms with Crippen LogP contribution in [-0.2, 0) is 11.3 Å². The minimum atomic E-state index is -0.205. The van der Waals surface area contributed by atoms with Crippen LogP contribution in [0.5, 0.6) is 0 Å². The summed E-state index contributed by atoms with van der Waals surface area (Å²) in [6.45, 7) is 6.89. The number of thiocarbonyl (C=S) groups is 1. The molecule has 0 radical (unpaired) electrons. The highest BCUT2D eigenvalue weighted by Crippen LogP contribution is 2.12. The van der Waals surface area contributed by atoms with Crippen LogP contribution >= 0.6 is 12.2 Å². The summed E-state index contributed by atoms with van der Waals surface area (Å²) in [5.74, 6) is 0. The van der Waals surface area contributed by atoms with E-state index in [9.17, 15) is 4.79 Å². The van der Waals surface area contributed by atoms with Gasteiger partial charge in [-0.05, 0) is 44.9 Å². The summed E-state index contributed by atoms with van der Waals surface area (Å²) in [6, 6.07) is 5.28. The summed E-state index contributed by atoms with van der Waals surface area (Å²) in [4.78, 5) is 17.8. The summed E-state index contributed by atoms with van der Waals surface area (Å²) in [5, 5.41) is 8.89. The van der Waals surface area contributed by atoms with Gasteiger partial charge in [0.15, 0.2) is 0 Å². The van der Waals surface area contributed by atoms with Gasteiger partial charge in [0.05, 0.1) is 17.1 Å². The Labute approximate surface area is 161 Å². The van der Waals surface area contributed by atoms with Crippen molar-refractivity contribution in [1.29, 1.82) is 5.41 Å². The lowest BCUT2D eigenvalue weighted by atomic mass is 10.2. The Morgan fingerprint density at radius 2 is 2.15 bits per heavy atom. The maximum absolute atomic E-state index is 13.0. The molecule has 0 unspecified atom stereocenters. The first-order valence-corrected chi connectivity index (χ1v) is 9.23. The number of nitrogens with two attached hydrogens (primary N) is 1. The fourth-order valence-corrected chi connectivity index (χ4v) is 3.15. The van der Waals surface area contributed by atoms with Crippen LogP contribution in [0.25, 0.3) is 16.7 Å². The van der Waals surface area contributed by atoms with Gasteiger partial charge in [0.25, 0.3) is 5.56 Å². The molecule has 0 atom stereocenters. The molecule has 3 rings (SSSR count). The van der Waals surface area contributed by atoms with Crippen LogP contribution in [0.15, 0.2) is 29.2 Å². The predicted molar refractivity (Wildman–Crippen MR) is 109 cm³/mol. The van der Waals surface area contributed by atoms with Crippen molar-refractivity contribution in [1.82, 2.24) is 14.0 Å². The zero-order valence-corrected chi connectivity index (χ0v) is 16.5. The molecule has 142 valence electrons. The normalized spacial score (nSPS) is 11.6. The zero-order chi connectivity index (χ0) is 19.7. The predicted octanol–water partition coefficient (Wildman–Crippen LogP) is 1.89. The fourth-order valence-electron chi connectivity index (χ4n) is 2.99. The van der Waals surface area contributed by atoms with Crippen LogP contribution in [0.2, 0.25) is 0 Å². The lowest BCUT2D eigenvalue weighted by molar-refractivity contribution is 0.0748. The molecule has 0 spiro atoms. The third-order valence-electron chi connectivity index (χ3n) is 4.30. The van der Waals surface area contributed by atoms with Gasteiger partial charge in [0, 0.05) is 19.3 Å². The third-order valence-corrected chi connectivity index (χ3v) is 4.52. The highest BCUT2D eigenvalue weighted by Gasteiger charge is 2.14. The van der Waals surface area contributed by atoms with Crippen molar-refractivity contribution in [2.75, 3.05) is 6.61 Å². The van der Waals surface area contributed by atoms with Gasteiger partial charge in [-0.1, -0.05) is 18.3 Å². The van der Waals surface area contributed by atoms with Crippen LogP contribution in [0.1, 0.15) is 31.4 Å². The molecule has 0 aliphatic rings. The smallest absolute Gasteiger partial charge is 0.267 e. The summed E-state index contributed by atoms with van der Waals surface area (Å²) >= 11 is 5.09. The van der Waals surface area contributed by atoms with Gasteiger partial charge in [-0.15, -0.1) is 0 Å². The summed E-state index contributed by atoms with van der Waals surface area (Å²) in [5.41, 5.74) is 8.07. The highest BCUT2D eigenvalue weighted by molar-refractivity contribution is 7.80. The van der Waals surface area contributed by atoms with E-state index in [1.165, 1.54) is 4.40 Å². The van der Waals surface area contributed by atoms with Gasteiger partial charge in [-0.3, -0.25) is 14.6 Å². The zero-order valence-electron chi connectivity index (χ0n) is 15.7. The molecule has 0 saturated heterocycles. The number of aryl methyl sites for hydroxylation is 2. The molecule has 0 aliphatic carbocycles. The molecular formula is C19H23N5O2S. The van der Waals surface area contributed by atoms with E-state index < -0.39 is 0 Å². The molecule has 3 aromatic heterocycles. The van der Waals surface area contributed by atoms with Gasteiger partial charge in [0.1, 0.15) is 21.8 Å². The molecule has 8 heteroatoms. The van der Waals surface area contributed by atoms with E-state index in [0.717, 1.165) is 5.56 Å². The minimum absolute atomic E-state index is 0.0859. The van der Waals surface area contributed by atoms with E-state index in [4.69, 9.17) is 28.1 Å².